The van der Waals surface area contributed by atoms with E-state index in [2.05, 4.69) is 14.6 Å². The first-order valence-corrected chi connectivity index (χ1v) is 9.12. The van der Waals surface area contributed by atoms with E-state index in [0.717, 1.165) is 25.2 Å². The van der Waals surface area contributed by atoms with Gasteiger partial charge in [-0.3, -0.25) is 4.90 Å². The van der Waals surface area contributed by atoms with Gasteiger partial charge in [0.25, 0.3) is 0 Å². The van der Waals surface area contributed by atoms with E-state index in [9.17, 15) is 8.42 Å². The number of imidazole rings is 1. The van der Waals surface area contributed by atoms with Crippen molar-refractivity contribution in [1.82, 2.24) is 19.2 Å². The molecule has 0 unspecified atom stereocenters. The molecule has 0 spiro atoms. The van der Waals surface area contributed by atoms with Crippen molar-refractivity contribution in [2.45, 2.75) is 37.6 Å². The SMILES string of the molecule is Cn1ccnc1CN1C[C@@H](NS(C)(=O)=O)[C@@H]2OCCC[C@@H]21. The fraction of sp³-hybridized carbons (Fsp3) is 0.769. The summed E-state index contributed by atoms with van der Waals surface area (Å²) in [7, 11) is -1.26. The average Bonchev–Trinajstić information content (AvgIpc) is 2.95. The predicted octanol–water partition coefficient (Wildman–Crippen LogP) is -0.299. The van der Waals surface area contributed by atoms with Gasteiger partial charge in [0.15, 0.2) is 0 Å². The maximum atomic E-state index is 11.5. The molecule has 8 heteroatoms. The fourth-order valence-electron chi connectivity index (χ4n) is 3.35. The van der Waals surface area contributed by atoms with Crippen LogP contribution in [-0.2, 0) is 28.4 Å². The second kappa shape index (κ2) is 5.68. The van der Waals surface area contributed by atoms with Crippen LogP contribution in [-0.4, -0.2) is 60.5 Å². The van der Waals surface area contributed by atoms with Crippen molar-refractivity contribution in [2.24, 2.45) is 7.05 Å². The normalized spacial score (nSPS) is 30.5. The highest BCUT2D eigenvalue weighted by molar-refractivity contribution is 7.88. The van der Waals surface area contributed by atoms with E-state index in [0.29, 0.717) is 13.2 Å². The quantitative estimate of drug-likeness (QED) is 0.826. The number of fused-ring (bicyclic) bond motifs is 1. The number of nitrogens with zero attached hydrogens (tertiary/aromatic N) is 3. The molecule has 1 N–H and O–H groups in total. The molecule has 0 radical (unpaired) electrons. The predicted molar refractivity (Wildman–Crippen MR) is 78.1 cm³/mol. The van der Waals surface area contributed by atoms with Crippen LogP contribution >= 0.6 is 0 Å². The highest BCUT2D eigenvalue weighted by Gasteiger charge is 2.45. The maximum Gasteiger partial charge on any atom is 0.209 e. The summed E-state index contributed by atoms with van der Waals surface area (Å²) in [5, 5.41) is 0. The lowest BCUT2D eigenvalue weighted by molar-refractivity contribution is -0.0197. The van der Waals surface area contributed by atoms with Gasteiger partial charge < -0.3 is 9.30 Å². The number of sulfonamides is 1. The topological polar surface area (TPSA) is 76.5 Å². The molecule has 2 fully saturated rings. The molecular weight excluding hydrogens is 292 g/mol. The van der Waals surface area contributed by atoms with Crippen LogP contribution in [0.2, 0.25) is 0 Å². The van der Waals surface area contributed by atoms with Crippen LogP contribution in [0.4, 0.5) is 0 Å². The largest absolute Gasteiger partial charge is 0.375 e. The van der Waals surface area contributed by atoms with Gasteiger partial charge in [0.2, 0.25) is 10.0 Å². The highest BCUT2D eigenvalue weighted by Crippen LogP contribution is 2.30. The molecule has 7 nitrogen and oxygen atoms in total. The van der Waals surface area contributed by atoms with E-state index in [-0.39, 0.29) is 18.2 Å². The van der Waals surface area contributed by atoms with Gasteiger partial charge in [-0.15, -0.1) is 0 Å². The number of hydrogen-bond acceptors (Lipinski definition) is 5. The van der Waals surface area contributed by atoms with Crippen molar-refractivity contribution in [1.29, 1.82) is 0 Å². The Balaban J connectivity index is 1.76. The van der Waals surface area contributed by atoms with Gasteiger partial charge in [0.05, 0.1) is 24.9 Å². The number of aryl methyl sites for hydroxylation is 1. The molecule has 2 aliphatic rings. The van der Waals surface area contributed by atoms with Crippen molar-refractivity contribution in [3.05, 3.63) is 18.2 Å². The Bertz CT molecular complexity index is 600. The lowest BCUT2D eigenvalue weighted by Gasteiger charge is -2.32. The molecule has 0 amide bonds. The third-order valence-corrected chi connectivity index (χ3v) is 4.99. The van der Waals surface area contributed by atoms with E-state index in [1.165, 1.54) is 6.26 Å². The first kappa shape index (κ1) is 15.0. The fourth-order valence-corrected chi connectivity index (χ4v) is 4.10. The molecular formula is C13H22N4O3S. The van der Waals surface area contributed by atoms with Crippen molar-refractivity contribution < 1.29 is 13.2 Å². The summed E-state index contributed by atoms with van der Waals surface area (Å²) in [6.45, 7) is 2.09. The number of nitrogens with one attached hydrogen (secondary N) is 1. The van der Waals surface area contributed by atoms with Gasteiger partial charge in [-0.25, -0.2) is 18.1 Å². The average molecular weight is 314 g/mol. The Morgan fingerprint density at radius 1 is 1.52 bits per heavy atom. The molecule has 0 saturated carbocycles. The van der Waals surface area contributed by atoms with Gasteiger partial charge in [0, 0.05) is 38.6 Å². The zero-order valence-electron chi connectivity index (χ0n) is 12.4. The summed E-state index contributed by atoms with van der Waals surface area (Å²) in [5.41, 5.74) is 0. The molecule has 3 heterocycles. The lowest BCUT2D eigenvalue weighted by atomic mass is 10.0. The number of aromatic nitrogens is 2. The van der Waals surface area contributed by atoms with Gasteiger partial charge in [0.1, 0.15) is 5.82 Å². The molecule has 118 valence electrons. The third-order valence-electron chi connectivity index (χ3n) is 4.26. The molecule has 21 heavy (non-hydrogen) atoms. The smallest absolute Gasteiger partial charge is 0.209 e. The summed E-state index contributed by atoms with van der Waals surface area (Å²) < 4.78 is 33.6. The summed E-state index contributed by atoms with van der Waals surface area (Å²) in [6.07, 6.45) is 6.90. The number of likely N-dealkylation sites (tertiary alicyclic amines) is 1. The first-order chi connectivity index (χ1) is 9.94. The summed E-state index contributed by atoms with van der Waals surface area (Å²) in [4.78, 5) is 6.65. The van der Waals surface area contributed by atoms with Gasteiger partial charge in [-0.2, -0.15) is 0 Å². The molecule has 3 atom stereocenters. The first-order valence-electron chi connectivity index (χ1n) is 7.23. The van der Waals surface area contributed by atoms with Crippen molar-refractivity contribution >= 4 is 10.0 Å². The van der Waals surface area contributed by atoms with Crippen molar-refractivity contribution in [3.63, 3.8) is 0 Å². The van der Waals surface area contributed by atoms with Crippen LogP contribution in [0.15, 0.2) is 12.4 Å². The monoisotopic (exact) mass is 314 g/mol. The van der Waals surface area contributed by atoms with E-state index in [1.54, 1.807) is 6.20 Å². The van der Waals surface area contributed by atoms with E-state index < -0.39 is 10.0 Å². The van der Waals surface area contributed by atoms with E-state index in [4.69, 9.17) is 4.74 Å². The minimum atomic E-state index is -3.23. The summed E-state index contributed by atoms with van der Waals surface area (Å²) >= 11 is 0. The van der Waals surface area contributed by atoms with E-state index >= 15 is 0 Å². The van der Waals surface area contributed by atoms with Crippen molar-refractivity contribution in [2.75, 3.05) is 19.4 Å². The maximum absolute atomic E-state index is 11.5. The highest BCUT2D eigenvalue weighted by atomic mass is 32.2. The number of rotatable bonds is 4. The Labute approximate surface area is 125 Å². The van der Waals surface area contributed by atoms with Crippen LogP contribution < -0.4 is 4.72 Å². The minimum Gasteiger partial charge on any atom is -0.375 e. The Morgan fingerprint density at radius 2 is 2.33 bits per heavy atom. The van der Waals surface area contributed by atoms with Gasteiger partial charge in [-0.05, 0) is 12.8 Å². The third kappa shape index (κ3) is 3.28. The van der Waals surface area contributed by atoms with Crippen LogP contribution in [0.25, 0.3) is 0 Å². The molecule has 1 aromatic rings. The zero-order valence-corrected chi connectivity index (χ0v) is 13.2. The van der Waals surface area contributed by atoms with Gasteiger partial charge in [-0.1, -0.05) is 0 Å². The summed E-state index contributed by atoms with van der Waals surface area (Å²) in [6, 6.07) is 0.0836. The zero-order chi connectivity index (χ0) is 15.0. The number of ether oxygens (including phenoxy) is 1. The molecule has 0 aromatic carbocycles. The van der Waals surface area contributed by atoms with Crippen LogP contribution in [0.3, 0.4) is 0 Å². The lowest BCUT2D eigenvalue weighted by Crippen LogP contribution is -2.47. The van der Waals surface area contributed by atoms with Crippen LogP contribution in [0.1, 0.15) is 18.7 Å². The van der Waals surface area contributed by atoms with E-state index in [1.807, 2.05) is 17.8 Å². The number of hydrogen-bond donors (Lipinski definition) is 1. The summed E-state index contributed by atoms with van der Waals surface area (Å²) in [5.74, 6) is 0.985. The standard InChI is InChI=1S/C13H22N4O3S/c1-16-6-5-14-12(16)9-17-8-10(15-21(2,18)19)13-11(17)4-3-7-20-13/h5-6,10-11,13,15H,3-4,7-9H2,1-2H3/t10-,11+,13+/m1/s1. The minimum absolute atomic E-state index is 0.0613. The second-order valence-corrected chi connectivity index (χ2v) is 7.71. The molecule has 2 aliphatic heterocycles. The van der Waals surface area contributed by atoms with Gasteiger partial charge >= 0.3 is 0 Å². The van der Waals surface area contributed by atoms with Crippen LogP contribution in [0.5, 0.6) is 0 Å². The Hall–Kier alpha value is -0.960. The Morgan fingerprint density at radius 3 is 3.00 bits per heavy atom. The molecule has 3 rings (SSSR count). The second-order valence-electron chi connectivity index (χ2n) is 5.93. The molecule has 2 saturated heterocycles. The molecule has 0 bridgehead atoms. The Kier molecular flexibility index (Phi) is 4.04. The van der Waals surface area contributed by atoms with Crippen LogP contribution in [0, 0.1) is 0 Å². The van der Waals surface area contributed by atoms with Crippen molar-refractivity contribution in [3.8, 4) is 0 Å². The molecule has 1 aromatic heterocycles. The molecule has 0 aliphatic carbocycles.